The minimum absolute atomic E-state index is 0.0815. The van der Waals surface area contributed by atoms with Crippen molar-refractivity contribution in [2.75, 3.05) is 40.1 Å². The van der Waals surface area contributed by atoms with E-state index in [1.54, 1.807) is 18.2 Å². The fraction of sp³-hybridized carbons (Fsp3) is 0.562. The summed E-state index contributed by atoms with van der Waals surface area (Å²) in [5, 5.41) is 0. The van der Waals surface area contributed by atoms with Gasteiger partial charge in [-0.15, -0.1) is 0 Å². The van der Waals surface area contributed by atoms with E-state index in [9.17, 15) is 4.79 Å². The number of hydrogen-bond acceptors (Lipinski definition) is 5. The number of carbonyl (C=O) groups is 1. The van der Waals surface area contributed by atoms with Crippen LogP contribution in [0.25, 0.3) is 0 Å². The topological polar surface area (TPSA) is 48.0 Å². The van der Waals surface area contributed by atoms with Crippen molar-refractivity contribution in [3.63, 3.8) is 0 Å². The van der Waals surface area contributed by atoms with E-state index >= 15 is 0 Å². The molecular weight excluding hydrogens is 270 g/mol. The van der Waals surface area contributed by atoms with Crippen LogP contribution < -0.4 is 9.47 Å². The molecule has 0 spiro atoms. The van der Waals surface area contributed by atoms with Crippen LogP contribution in [0, 0.1) is 5.92 Å². The number of rotatable bonds is 8. The molecule has 0 atom stereocenters. The van der Waals surface area contributed by atoms with Crippen molar-refractivity contribution in [2.24, 2.45) is 5.92 Å². The van der Waals surface area contributed by atoms with Gasteiger partial charge in [0.05, 0.1) is 13.2 Å². The summed E-state index contributed by atoms with van der Waals surface area (Å²) in [5.74, 6) is 2.22. The summed E-state index contributed by atoms with van der Waals surface area (Å²) in [4.78, 5) is 14.2. The van der Waals surface area contributed by atoms with Gasteiger partial charge in [0.15, 0.2) is 17.3 Å². The summed E-state index contributed by atoms with van der Waals surface area (Å²) in [6.45, 7) is 2.92. The molecule has 114 valence electrons. The van der Waals surface area contributed by atoms with E-state index in [-0.39, 0.29) is 12.6 Å². The maximum atomic E-state index is 12.2. The molecule has 1 aliphatic heterocycles. The van der Waals surface area contributed by atoms with E-state index in [1.165, 1.54) is 12.8 Å². The number of ketones is 1. The van der Waals surface area contributed by atoms with Gasteiger partial charge in [0, 0.05) is 18.7 Å². The SMILES string of the molecule is CN(CCOCC1CC1)CC(=O)c1ccc2c(c1)OCO2. The number of hydrogen-bond donors (Lipinski definition) is 0. The number of likely N-dealkylation sites (N-methyl/N-ethyl adjacent to an activating group) is 1. The van der Waals surface area contributed by atoms with Crippen LogP contribution in [0.1, 0.15) is 23.2 Å². The maximum absolute atomic E-state index is 12.2. The van der Waals surface area contributed by atoms with Crippen molar-refractivity contribution in [3.8, 4) is 11.5 Å². The van der Waals surface area contributed by atoms with Crippen molar-refractivity contribution >= 4 is 5.78 Å². The quantitative estimate of drug-likeness (QED) is 0.541. The van der Waals surface area contributed by atoms with Gasteiger partial charge in [-0.2, -0.15) is 0 Å². The minimum Gasteiger partial charge on any atom is -0.454 e. The molecule has 5 nitrogen and oxygen atoms in total. The number of ether oxygens (including phenoxy) is 3. The van der Waals surface area contributed by atoms with Crippen LogP contribution in [0.5, 0.6) is 11.5 Å². The zero-order chi connectivity index (χ0) is 14.7. The van der Waals surface area contributed by atoms with Gasteiger partial charge in [0.25, 0.3) is 0 Å². The minimum atomic E-state index is 0.0815. The van der Waals surface area contributed by atoms with Crippen LogP contribution in [0.15, 0.2) is 18.2 Å². The van der Waals surface area contributed by atoms with Gasteiger partial charge in [-0.1, -0.05) is 0 Å². The highest BCUT2D eigenvalue weighted by Gasteiger charge is 2.21. The first kappa shape index (κ1) is 14.4. The molecule has 2 aliphatic rings. The Hall–Kier alpha value is -1.59. The highest BCUT2D eigenvalue weighted by atomic mass is 16.7. The monoisotopic (exact) mass is 291 g/mol. The molecule has 0 radical (unpaired) electrons. The molecule has 0 saturated heterocycles. The summed E-state index contributed by atoms with van der Waals surface area (Å²) in [5.41, 5.74) is 0.657. The Labute approximate surface area is 124 Å². The van der Waals surface area contributed by atoms with Gasteiger partial charge in [0.1, 0.15) is 0 Å². The van der Waals surface area contributed by atoms with Crippen LogP contribution in [-0.4, -0.2) is 50.8 Å². The normalized spacial score (nSPS) is 16.5. The lowest BCUT2D eigenvalue weighted by Crippen LogP contribution is -2.29. The highest BCUT2D eigenvalue weighted by Crippen LogP contribution is 2.32. The van der Waals surface area contributed by atoms with Crippen molar-refractivity contribution < 1.29 is 19.0 Å². The summed E-state index contributed by atoms with van der Waals surface area (Å²) >= 11 is 0. The number of nitrogens with zero attached hydrogens (tertiary/aromatic N) is 1. The molecular formula is C16H21NO4. The standard InChI is InChI=1S/C16H21NO4/c1-17(6-7-19-10-12-2-3-12)9-14(18)13-4-5-15-16(8-13)21-11-20-15/h4-5,8,12H,2-3,6-7,9-11H2,1H3. The van der Waals surface area contributed by atoms with E-state index in [2.05, 4.69) is 0 Å². The lowest BCUT2D eigenvalue weighted by molar-refractivity contribution is 0.0860. The van der Waals surface area contributed by atoms with Crippen molar-refractivity contribution in [2.45, 2.75) is 12.8 Å². The zero-order valence-corrected chi connectivity index (χ0v) is 12.3. The average Bonchev–Trinajstić information content (AvgIpc) is 3.18. The second kappa shape index (κ2) is 6.45. The molecule has 5 heteroatoms. The van der Waals surface area contributed by atoms with E-state index in [1.807, 2.05) is 11.9 Å². The third kappa shape index (κ3) is 3.95. The Morgan fingerprint density at radius 2 is 2.14 bits per heavy atom. The molecule has 0 amide bonds. The highest BCUT2D eigenvalue weighted by molar-refractivity contribution is 5.98. The molecule has 1 aromatic rings. The number of benzene rings is 1. The average molecular weight is 291 g/mol. The zero-order valence-electron chi connectivity index (χ0n) is 12.3. The number of fused-ring (bicyclic) bond motifs is 1. The van der Waals surface area contributed by atoms with E-state index in [0.29, 0.717) is 30.2 Å². The van der Waals surface area contributed by atoms with Crippen molar-refractivity contribution in [3.05, 3.63) is 23.8 Å². The Bertz CT molecular complexity index is 513. The molecule has 21 heavy (non-hydrogen) atoms. The lowest BCUT2D eigenvalue weighted by atomic mass is 10.1. The van der Waals surface area contributed by atoms with Gasteiger partial charge in [0.2, 0.25) is 6.79 Å². The first-order valence-electron chi connectivity index (χ1n) is 7.41. The van der Waals surface area contributed by atoms with Crippen molar-refractivity contribution in [1.82, 2.24) is 4.90 Å². The Morgan fingerprint density at radius 3 is 2.95 bits per heavy atom. The fourth-order valence-corrected chi connectivity index (χ4v) is 2.24. The van der Waals surface area contributed by atoms with Gasteiger partial charge in [-0.3, -0.25) is 9.69 Å². The summed E-state index contributed by atoms with van der Waals surface area (Å²) in [6.07, 6.45) is 2.61. The van der Waals surface area contributed by atoms with E-state index in [4.69, 9.17) is 14.2 Å². The molecule has 0 bridgehead atoms. The predicted octanol–water partition coefficient (Wildman–Crippen LogP) is 1.96. The second-order valence-corrected chi connectivity index (χ2v) is 5.75. The third-order valence-electron chi connectivity index (χ3n) is 3.78. The molecule has 1 saturated carbocycles. The second-order valence-electron chi connectivity index (χ2n) is 5.75. The fourth-order valence-electron chi connectivity index (χ4n) is 2.24. The van der Waals surface area contributed by atoms with Gasteiger partial charge >= 0.3 is 0 Å². The summed E-state index contributed by atoms with van der Waals surface area (Å²) in [7, 11) is 1.94. The van der Waals surface area contributed by atoms with Crippen LogP contribution >= 0.6 is 0 Å². The Balaban J connectivity index is 1.43. The molecule has 1 aliphatic carbocycles. The molecule has 0 unspecified atom stereocenters. The molecule has 1 fully saturated rings. The Kier molecular flexibility index (Phi) is 4.41. The molecule has 0 aromatic heterocycles. The smallest absolute Gasteiger partial charge is 0.231 e. The maximum Gasteiger partial charge on any atom is 0.231 e. The summed E-state index contributed by atoms with van der Waals surface area (Å²) in [6, 6.07) is 5.32. The predicted molar refractivity (Wildman–Crippen MR) is 77.9 cm³/mol. The van der Waals surface area contributed by atoms with Gasteiger partial charge in [-0.25, -0.2) is 0 Å². The number of carbonyl (C=O) groups excluding carboxylic acids is 1. The van der Waals surface area contributed by atoms with E-state index in [0.717, 1.165) is 19.1 Å². The van der Waals surface area contributed by atoms with Crippen LogP contribution in [0.2, 0.25) is 0 Å². The first-order chi connectivity index (χ1) is 10.2. The Morgan fingerprint density at radius 1 is 1.33 bits per heavy atom. The summed E-state index contributed by atoms with van der Waals surface area (Å²) < 4.78 is 16.1. The van der Waals surface area contributed by atoms with Crippen LogP contribution in [0.4, 0.5) is 0 Å². The van der Waals surface area contributed by atoms with Crippen LogP contribution in [0.3, 0.4) is 0 Å². The molecule has 1 aromatic carbocycles. The van der Waals surface area contributed by atoms with Gasteiger partial charge < -0.3 is 14.2 Å². The largest absolute Gasteiger partial charge is 0.454 e. The molecule has 0 N–H and O–H groups in total. The number of Topliss-reactive ketones (excluding diaryl/α,β-unsaturated/α-hetero) is 1. The van der Waals surface area contributed by atoms with Crippen molar-refractivity contribution in [1.29, 1.82) is 0 Å². The van der Waals surface area contributed by atoms with E-state index < -0.39 is 0 Å². The first-order valence-corrected chi connectivity index (χ1v) is 7.41. The molecule has 3 rings (SSSR count). The van der Waals surface area contributed by atoms with Crippen LogP contribution in [-0.2, 0) is 4.74 Å². The van der Waals surface area contributed by atoms with Gasteiger partial charge in [-0.05, 0) is 44.0 Å². The lowest BCUT2D eigenvalue weighted by Gasteiger charge is -2.15. The molecule has 1 heterocycles. The third-order valence-corrected chi connectivity index (χ3v) is 3.78.